The highest BCUT2D eigenvalue weighted by Gasteiger charge is 2.17. The average Bonchev–Trinajstić information content (AvgIpc) is 2.65. The van der Waals surface area contributed by atoms with Gasteiger partial charge in [0.05, 0.1) is 12.2 Å². The summed E-state index contributed by atoms with van der Waals surface area (Å²) in [5, 5.41) is 8.72. The Kier molecular flexibility index (Phi) is 4.44. The van der Waals surface area contributed by atoms with E-state index in [-0.39, 0.29) is 11.3 Å². The summed E-state index contributed by atoms with van der Waals surface area (Å²) in [5.41, 5.74) is 1.20. The summed E-state index contributed by atoms with van der Waals surface area (Å²) in [4.78, 5) is 15.5. The van der Waals surface area contributed by atoms with Crippen LogP contribution in [0.5, 0.6) is 0 Å². The molecule has 2 N–H and O–H groups in total. The van der Waals surface area contributed by atoms with E-state index >= 15 is 0 Å². The van der Waals surface area contributed by atoms with Crippen molar-refractivity contribution >= 4 is 17.2 Å². The highest BCUT2D eigenvalue weighted by molar-refractivity contribution is 7.09. The van der Waals surface area contributed by atoms with Crippen LogP contribution < -0.4 is 10.6 Å². The minimum absolute atomic E-state index is 0.00685. The lowest BCUT2D eigenvalue weighted by Gasteiger charge is -2.14. The molecule has 0 saturated heterocycles. The van der Waals surface area contributed by atoms with Crippen molar-refractivity contribution in [2.45, 2.75) is 32.7 Å². The van der Waals surface area contributed by atoms with E-state index in [0.717, 1.165) is 10.7 Å². The lowest BCUT2D eigenvalue weighted by atomic mass is 9.93. The van der Waals surface area contributed by atoms with E-state index < -0.39 is 0 Å². The van der Waals surface area contributed by atoms with Gasteiger partial charge in [0, 0.05) is 24.4 Å². The SMILES string of the molecule is CNC(=O)CNCc1nc(C(C)(C)C)cs1. The molecule has 0 fully saturated rings. The summed E-state index contributed by atoms with van der Waals surface area (Å²) in [6, 6.07) is 0. The van der Waals surface area contributed by atoms with Crippen molar-refractivity contribution in [1.29, 1.82) is 0 Å². The largest absolute Gasteiger partial charge is 0.358 e. The van der Waals surface area contributed by atoms with Crippen molar-refractivity contribution in [2.24, 2.45) is 0 Å². The van der Waals surface area contributed by atoms with Gasteiger partial charge in [-0.2, -0.15) is 0 Å². The van der Waals surface area contributed by atoms with Gasteiger partial charge in [-0.1, -0.05) is 20.8 Å². The van der Waals surface area contributed by atoms with Gasteiger partial charge < -0.3 is 10.6 Å². The van der Waals surface area contributed by atoms with Gasteiger partial charge >= 0.3 is 0 Å². The van der Waals surface area contributed by atoms with Crippen LogP contribution >= 0.6 is 11.3 Å². The quantitative estimate of drug-likeness (QED) is 0.835. The lowest BCUT2D eigenvalue weighted by Crippen LogP contribution is -2.30. The first kappa shape index (κ1) is 13.1. The van der Waals surface area contributed by atoms with E-state index in [0.29, 0.717) is 13.1 Å². The van der Waals surface area contributed by atoms with Gasteiger partial charge in [-0.3, -0.25) is 4.79 Å². The van der Waals surface area contributed by atoms with Gasteiger partial charge in [-0.05, 0) is 0 Å². The molecule has 0 spiro atoms. The summed E-state index contributed by atoms with van der Waals surface area (Å²) < 4.78 is 0. The third kappa shape index (κ3) is 3.90. The average molecular weight is 241 g/mol. The van der Waals surface area contributed by atoms with Crippen LogP contribution in [0.15, 0.2) is 5.38 Å². The van der Waals surface area contributed by atoms with Gasteiger partial charge in [0.15, 0.2) is 0 Å². The summed E-state index contributed by atoms with van der Waals surface area (Å²) in [6.07, 6.45) is 0. The third-order valence-corrected chi connectivity index (χ3v) is 3.01. The molecule has 5 heteroatoms. The van der Waals surface area contributed by atoms with E-state index in [1.54, 1.807) is 18.4 Å². The summed E-state index contributed by atoms with van der Waals surface area (Å²) >= 11 is 1.63. The number of nitrogens with zero attached hydrogens (tertiary/aromatic N) is 1. The minimum Gasteiger partial charge on any atom is -0.358 e. The van der Waals surface area contributed by atoms with Crippen LogP contribution in [0.3, 0.4) is 0 Å². The van der Waals surface area contributed by atoms with Crippen LogP contribution in [0.2, 0.25) is 0 Å². The topological polar surface area (TPSA) is 54.0 Å². The second-order valence-corrected chi connectivity index (χ2v) is 5.60. The molecule has 0 bridgehead atoms. The third-order valence-electron chi connectivity index (χ3n) is 2.16. The van der Waals surface area contributed by atoms with Crippen molar-refractivity contribution in [3.63, 3.8) is 0 Å². The number of amides is 1. The predicted molar refractivity (Wildman–Crippen MR) is 66.6 cm³/mol. The minimum atomic E-state index is -0.00685. The second-order valence-electron chi connectivity index (χ2n) is 4.65. The summed E-state index contributed by atoms with van der Waals surface area (Å²) in [6.45, 7) is 7.41. The Morgan fingerprint density at radius 3 is 2.69 bits per heavy atom. The molecule has 1 amide bonds. The Balaban J connectivity index is 2.44. The molecule has 0 radical (unpaired) electrons. The molecule has 16 heavy (non-hydrogen) atoms. The number of thiazole rings is 1. The zero-order valence-electron chi connectivity index (χ0n) is 10.3. The molecule has 0 unspecified atom stereocenters. The number of hydrogen-bond acceptors (Lipinski definition) is 4. The van der Waals surface area contributed by atoms with Gasteiger partial charge in [0.25, 0.3) is 0 Å². The molecule has 0 aromatic carbocycles. The number of hydrogen-bond donors (Lipinski definition) is 2. The maximum Gasteiger partial charge on any atom is 0.233 e. The molecule has 0 aliphatic heterocycles. The van der Waals surface area contributed by atoms with Gasteiger partial charge in [0.1, 0.15) is 5.01 Å². The predicted octanol–water partition coefficient (Wildman–Crippen LogP) is 1.28. The Morgan fingerprint density at radius 2 is 2.19 bits per heavy atom. The van der Waals surface area contributed by atoms with Crippen LogP contribution in [0.4, 0.5) is 0 Å². The number of rotatable bonds is 4. The molecule has 0 aliphatic rings. The van der Waals surface area contributed by atoms with Crippen LogP contribution in [-0.4, -0.2) is 24.5 Å². The number of aromatic nitrogens is 1. The van der Waals surface area contributed by atoms with Crippen LogP contribution in [0, 0.1) is 0 Å². The molecule has 1 aromatic heterocycles. The number of nitrogens with one attached hydrogen (secondary N) is 2. The molecule has 0 aliphatic carbocycles. The Bertz CT molecular complexity index is 354. The molecule has 1 rings (SSSR count). The molecule has 0 saturated carbocycles. The van der Waals surface area contributed by atoms with E-state index in [2.05, 4.69) is 41.8 Å². The second kappa shape index (κ2) is 5.41. The van der Waals surface area contributed by atoms with Gasteiger partial charge in [-0.25, -0.2) is 4.98 Å². The number of carbonyl (C=O) groups is 1. The van der Waals surface area contributed by atoms with Crippen LogP contribution in [0.1, 0.15) is 31.5 Å². The van der Waals surface area contributed by atoms with Crippen molar-refractivity contribution < 1.29 is 4.79 Å². The summed E-state index contributed by atoms with van der Waals surface area (Å²) in [7, 11) is 1.63. The van der Waals surface area contributed by atoms with Crippen molar-refractivity contribution in [2.75, 3.05) is 13.6 Å². The molecule has 90 valence electrons. The molecular formula is C11H19N3OS. The maximum absolute atomic E-state index is 11.0. The molecule has 4 nitrogen and oxygen atoms in total. The zero-order valence-corrected chi connectivity index (χ0v) is 11.1. The Morgan fingerprint density at radius 1 is 1.50 bits per heavy atom. The first-order valence-corrected chi connectivity index (χ1v) is 6.17. The smallest absolute Gasteiger partial charge is 0.233 e. The first-order chi connectivity index (χ1) is 7.43. The highest BCUT2D eigenvalue weighted by Crippen LogP contribution is 2.23. The number of carbonyl (C=O) groups excluding carboxylic acids is 1. The van der Waals surface area contributed by atoms with Crippen molar-refractivity contribution in [3.8, 4) is 0 Å². The monoisotopic (exact) mass is 241 g/mol. The zero-order chi connectivity index (χ0) is 12.2. The summed E-state index contributed by atoms with van der Waals surface area (Å²) in [5.74, 6) is -0.00685. The lowest BCUT2D eigenvalue weighted by molar-refractivity contribution is -0.119. The fourth-order valence-electron chi connectivity index (χ4n) is 1.11. The first-order valence-electron chi connectivity index (χ1n) is 5.29. The van der Waals surface area contributed by atoms with Crippen molar-refractivity contribution in [1.82, 2.24) is 15.6 Å². The maximum atomic E-state index is 11.0. The van der Waals surface area contributed by atoms with Gasteiger partial charge in [0.2, 0.25) is 5.91 Å². The Labute approximate surface area is 100 Å². The standard InChI is InChI=1S/C11H19N3OS/c1-11(2,3)8-7-16-10(14-8)6-13-5-9(15)12-4/h7,13H,5-6H2,1-4H3,(H,12,15). The molecule has 1 heterocycles. The fourth-order valence-corrected chi connectivity index (χ4v) is 2.10. The Hall–Kier alpha value is -0.940. The van der Waals surface area contributed by atoms with E-state index in [4.69, 9.17) is 0 Å². The fraction of sp³-hybridized carbons (Fsp3) is 0.636. The van der Waals surface area contributed by atoms with E-state index in [1.807, 2.05) is 0 Å². The van der Waals surface area contributed by atoms with E-state index in [1.165, 1.54) is 0 Å². The highest BCUT2D eigenvalue weighted by atomic mass is 32.1. The van der Waals surface area contributed by atoms with E-state index in [9.17, 15) is 4.79 Å². The number of likely N-dealkylation sites (N-methyl/N-ethyl adjacent to an activating group) is 1. The van der Waals surface area contributed by atoms with Crippen molar-refractivity contribution in [3.05, 3.63) is 16.1 Å². The van der Waals surface area contributed by atoms with Crippen LogP contribution in [0.25, 0.3) is 0 Å². The molecule has 1 aromatic rings. The molecular weight excluding hydrogens is 222 g/mol. The molecule has 0 atom stereocenters. The van der Waals surface area contributed by atoms with Crippen LogP contribution in [-0.2, 0) is 16.8 Å². The normalized spacial score (nSPS) is 11.5. The van der Waals surface area contributed by atoms with Gasteiger partial charge in [-0.15, -0.1) is 11.3 Å².